The maximum atomic E-state index is 13.5. The molecule has 5 nitrogen and oxygen atoms in total. The van der Waals surface area contributed by atoms with Gasteiger partial charge in [0.2, 0.25) is 0 Å². The molecule has 1 heterocycles. The number of hydrogen-bond donors (Lipinski definition) is 1. The Morgan fingerprint density at radius 1 is 1.41 bits per heavy atom. The van der Waals surface area contributed by atoms with Crippen LogP contribution in [-0.2, 0) is 9.05 Å². The Hall–Kier alpha value is -0.990. The molecule has 0 bridgehead atoms. The molecule has 0 saturated heterocycles. The third-order valence-electron chi connectivity index (χ3n) is 1.87. The molecule has 0 aliphatic rings. The molecule has 2 rings (SSSR count). The van der Waals surface area contributed by atoms with Crippen molar-refractivity contribution in [1.82, 2.24) is 15.2 Å². The van der Waals surface area contributed by atoms with Crippen LogP contribution in [0, 0.1) is 5.82 Å². The highest BCUT2D eigenvalue weighted by Gasteiger charge is 2.18. The maximum absolute atomic E-state index is 13.5. The quantitative estimate of drug-likeness (QED) is 0.851. The number of aromatic amines is 1. The van der Waals surface area contributed by atoms with Crippen molar-refractivity contribution in [2.24, 2.45) is 0 Å². The first-order valence-electron chi connectivity index (χ1n) is 4.20. The van der Waals surface area contributed by atoms with Gasteiger partial charge in [-0.05, 0) is 18.2 Å². The van der Waals surface area contributed by atoms with Gasteiger partial charge in [0.1, 0.15) is 5.82 Å². The minimum Gasteiger partial charge on any atom is -0.248 e. The minimum absolute atomic E-state index is 0.0748. The van der Waals surface area contributed by atoms with Crippen molar-refractivity contribution in [3.05, 3.63) is 28.5 Å². The smallest absolute Gasteiger partial charge is 0.248 e. The third-order valence-corrected chi connectivity index (χ3v) is 3.44. The van der Waals surface area contributed by atoms with Gasteiger partial charge in [-0.3, -0.25) is 0 Å². The zero-order chi connectivity index (χ0) is 12.6. The molecule has 0 fully saturated rings. The summed E-state index contributed by atoms with van der Waals surface area (Å²) in [4.78, 5) is 3.60. The van der Waals surface area contributed by atoms with Crippen molar-refractivity contribution in [2.45, 2.75) is 5.16 Å². The summed E-state index contributed by atoms with van der Waals surface area (Å²) < 4.78 is 36.0. The van der Waals surface area contributed by atoms with Gasteiger partial charge in [0.05, 0.1) is 5.56 Å². The Morgan fingerprint density at radius 2 is 2.12 bits per heavy atom. The highest BCUT2D eigenvalue weighted by molar-refractivity contribution is 9.10. The van der Waals surface area contributed by atoms with Gasteiger partial charge in [-0.1, -0.05) is 15.9 Å². The van der Waals surface area contributed by atoms with Crippen LogP contribution in [0.5, 0.6) is 0 Å². The summed E-state index contributed by atoms with van der Waals surface area (Å²) in [6, 6.07) is 4.23. The molecule has 0 unspecified atom stereocenters. The van der Waals surface area contributed by atoms with Gasteiger partial charge in [0, 0.05) is 15.2 Å². The lowest BCUT2D eigenvalue weighted by molar-refractivity contribution is 0.601. The van der Waals surface area contributed by atoms with Crippen molar-refractivity contribution in [1.29, 1.82) is 0 Å². The van der Waals surface area contributed by atoms with E-state index in [1.165, 1.54) is 12.1 Å². The Balaban J connectivity index is 2.51. The van der Waals surface area contributed by atoms with Crippen LogP contribution in [0.3, 0.4) is 0 Å². The van der Waals surface area contributed by atoms with Crippen LogP contribution in [0.15, 0.2) is 27.8 Å². The lowest BCUT2D eigenvalue weighted by Crippen LogP contribution is -1.93. The number of nitrogens with zero attached hydrogens (tertiary/aromatic N) is 2. The molecule has 0 spiro atoms. The predicted octanol–water partition coefficient (Wildman–Crippen LogP) is 2.30. The summed E-state index contributed by atoms with van der Waals surface area (Å²) in [5.74, 6) is -0.647. The molecule has 0 aliphatic carbocycles. The maximum Gasteiger partial charge on any atom is 0.296 e. The van der Waals surface area contributed by atoms with E-state index in [2.05, 4.69) is 31.1 Å². The third kappa shape index (κ3) is 2.64. The second kappa shape index (κ2) is 4.35. The van der Waals surface area contributed by atoms with E-state index in [4.69, 9.17) is 10.7 Å². The van der Waals surface area contributed by atoms with Crippen LogP contribution in [0.2, 0.25) is 0 Å². The number of rotatable bonds is 2. The number of hydrogen-bond acceptors (Lipinski definition) is 4. The van der Waals surface area contributed by atoms with Gasteiger partial charge in [-0.15, -0.1) is 0 Å². The molecule has 1 aromatic heterocycles. The Kier molecular flexibility index (Phi) is 3.19. The Bertz CT molecular complexity index is 673. The highest BCUT2D eigenvalue weighted by atomic mass is 79.9. The van der Waals surface area contributed by atoms with Gasteiger partial charge in [0.25, 0.3) is 14.2 Å². The van der Waals surface area contributed by atoms with Crippen molar-refractivity contribution in [3.8, 4) is 11.4 Å². The predicted molar refractivity (Wildman–Crippen MR) is 62.5 cm³/mol. The molecule has 90 valence electrons. The Labute approximate surface area is 109 Å². The summed E-state index contributed by atoms with van der Waals surface area (Å²) in [6.45, 7) is 0. The van der Waals surface area contributed by atoms with E-state index >= 15 is 0 Å². The minimum atomic E-state index is -4.00. The SMILES string of the molecule is O=S(=O)(Cl)c1nc(-c2ccc(Br)cc2F)n[nH]1. The van der Waals surface area contributed by atoms with Crippen molar-refractivity contribution in [3.63, 3.8) is 0 Å². The average Bonchev–Trinajstić information content (AvgIpc) is 2.65. The molecule has 0 saturated carbocycles. The first-order valence-corrected chi connectivity index (χ1v) is 7.30. The topological polar surface area (TPSA) is 75.7 Å². The molecule has 17 heavy (non-hydrogen) atoms. The highest BCUT2D eigenvalue weighted by Crippen LogP contribution is 2.23. The summed E-state index contributed by atoms with van der Waals surface area (Å²) in [6.07, 6.45) is 0. The molecule has 9 heteroatoms. The Morgan fingerprint density at radius 3 is 2.65 bits per heavy atom. The molecule has 0 amide bonds. The van der Waals surface area contributed by atoms with Crippen LogP contribution in [0.4, 0.5) is 4.39 Å². The van der Waals surface area contributed by atoms with E-state index in [0.29, 0.717) is 4.47 Å². The zero-order valence-corrected chi connectivity index (χ0v) is 11.1. The van der Waals surface area contributed by atoms with E-state index in [9.17, 15) is 12.8 Å². The monoisotopic (exact) mass is 339 g/mol. The van der Waals surface area contributed by atoms with Crippen molar-refractivity contribution >= 4 is 35.7 Å². The fourth-order valence-corrected chi connectivity index (χ4v) is 2.04. The number of halogens is 3. The van der Waals surface area contributed by atoms with Gasteiger partial charge in [-0.25, -0.2) is 17.9 Å². The van der Waals surface area contributed by atoms with Crippen LogP contribution in [0.1, 0.15) is 0 Å². The van der Waals surface area contributed by atoms with Crippen LogP contribution in [0.25, 0.3) is 11.4 Å². The van der Waals surface area contributed by atoms with E-state index in [1.54, 1.807) is 6.07 Å². The van der Waals surface area contributed by atoms with Crippen LogP contribution in [-0.4, -0.2) is 23.6 Å². The van der Waals surface area contributed by atoms with Crippen molar-refractivity contribution in [2.75, 3.05) is 0 Å². The summed E-state index contributed by atoms with van der Waals surface area (Å²) in [5.41, 5.74) is 0.0796. The van der Waals surface area contributed by atoms with Gasteiger partial charge in [0.15, 0.2) is 5.82 Å². The largest absolute Gasteiger partial charge is 0.296 e. The van der Waals surface area contributed by atoms with Crippen LogP contribution < -0.4 is 0 Å². The normalized spacial score (nSPS) is 11.7. The lowest BCUT2D eigenvalue weighted by Gasteiger charge is -1.97. The number of nitrogens with one attached hydrogen (secondary N) is 1. The zero-order valence-electron chi connectivity index (χ0n) is 7.99. The van der Waals surface area contributed by atoms with E-state index in [-0.39, 0.29) is 11.4 Å². The molecular formula is C8H4BrClFN3O2S. The average molecular weight is 341 g/mol. The summed E-state index contributed by atoms with van der Waals surface area (Å²) in [5, 5.41) is 5.20. The van der Waals surface area contributed by atoms with E-state index in [0.717, 1.165) is 0 Å². The lowest BCUT2D eigenvalue weighted by atomic mass is 10.2. The van der Waals surface area contributed by atoms with Crippen LogP contribution >= 0.6 is 26.6 Å². The fraction of sp³-hybridized carbons (Fsp3) is 0. The van der Waals surface area contributed by atoms with Gasteiger partial charge in [-0.2, -0.15) is 10.1 Å². The van der Waals surface area contributed by atoms with E-state index < -0.39 is 20.0 Å². The number of H-pyrrole nitrogens is 1. The number of benzene rings is 1. The second-order valence-corrected chi connectivity index (χ2v) is 6.42. The van der Waals surface area contributed by atoms with Gasteiger partial charge < -0.3 is 0 Å². The summed E-state index contributed by atoms with van der Waals surface area (Å²) in [7, 11) is 1.06. The van der Waals surface area contributed by atoms with Crippen molar-refractivity contribution < 1.29 is 12.8 Å². The molecule has 2 aromatic rings. The standard InChI is InChI=1S/C8H4BrClFN3O2S/c9-4-1-2-5(6(11)3-4)7-12-8(14-13-7)17(10,15)16/h1-3H,(H,12,13,14). The molecule has 0 atom stereocenters. The summed E-state index contributed by atoms with van der Waals surface area (Å²) >= 11 is 3.10. The molecule has 0 radical (unpaired) electrons. The number of aromatic nitrogens is 3. The first-order chi connectivity index (χ1) is 7.88. The molecule has 0 aliphatic heterocycles. The first kappa shape index (κ1) is 12.5. The molecular weight excluding hydrogens is 337 g/mol. The van der Waals surface area contributed by atoms with E-state index in [1.807, 2.05) is 0 Å². The second-order valence-electron chi connectivity index (χ2n) is 3.03. The fourth-order valence-electron chi connectivity index (χ4n) is 1.15. The van der Waals surface area contributed by atoms with Gasteiger partial charge >= 0.3 is 0 Å². The molecule has 1 N–H and O–H groups in total. The molecule has 1 aromatic carbocycles.